The number of nitrogens with one attached hydrogen (secondary N) is 1. The fourth-order valence-electron chi connectivity index (χ4n) is 2.65. The fraction of sp³-hybridized carbons (Fsp3) is 0.150. The van der Waals surface area contributed by atoms with Crippen molar-refractivity contribution in [2.75, 3.05) is 7.11 Å². The van der Waals surface area contributed by atoms with E-state index < -0.39 is 0 Å². The molecule has 24 heavy (non-hydrogen) atoms. The molecule has 0 aliphatic heterocycles. The predicted octanol–water partition coefficient (Wildman–Crippen LogP) is 3.74. The summed E-state index contributed by atoms with van der Waals surface area (Å²) >= 11 is 0. The summed E-state index contributed by atoms with van der Waals surface area (Å²) in [4.78, 5) is 12.6. The normalized spacial score (nSPS) is 11.7. The minimum atomic E-state index is -0.316. The van der Waals surface area contributed by atoms with Crippen LogP contribution in [0.25, 0.3) is 0 Å². The number of hydrogen-bond acceptors (Lipinski definition) is 3. The molecule has 1 aromatic heterocycles. The third-order valence-corrected chi connectivity index (χ3v) is 3.81. The summed E-state index contributed by atoms with van der Waals surface area (Å²) in [7, 11) is 1.60. The van der Waals surface area contributed by atoms with Crippen LogP contribution in [-0.2, 0) is 11.2 Å². The zero-order valence-electron chi connectivity index (χ0n) is 13.4. The lowest BCUT2D eigenvalue weighted by Gasteiger charge is -2.17. The van der Waals surface area contributed by atoms with E-state index in [4.69, 9.17) is 9.15 Å². The van der Waals surface area contributed by atoms with Crippen LogP contribution >= 0.6 is 0 Å². The molecule has 0 radical (unpaired) electrons. The standard InChI is InChI=1S/C20H19NO3/c1-23-17-11-6-5-10-16(17)14-19(22)21-20(18-12-7-13-24-18)15-8-3-2-4-9-15/h2-13,20H,14H2,1H3,(H,21,22). The van der Waals surface area contributed by atoms with Gasteiger partial charge in [0.2, 0.25) is 5.91 Å². The molecule has 1 amide bonds. The number of rotatable bonds is 6. The lowest BCUT2D eigenvalue weighted by Crippen LogP contribution is -2.30. The highest BCUT2D eigenvalue weighted by Crippen LogP contribution is 2.23. The average molecular weight is 321 g/mol. The van der Waals surface area contributed by atoms with Gasteiger partial charge < -0.3 is 14.5 Å². The Bertz CT molecular complexity index is 782. The molecule has 0 fully saturated rings. The number of amides is 1. The van der Waals surface area contributed by atoms with E-state index in [1.807, 2.05) is 66.7 Å². The summed E-state index contributed by atoms with van der Waals surface area (Å²) in [6.45, 7) is 0. The van der Waals surface area contributed by atoms with Crippen molar-refractivity contribution in [3.05, 3.63) is 89.9 Å². The lowest BCUT2D eigenvalue weighted by molar-refractivity contribution is -0.121. The topological polar surface area (TPSA) is 51.5 Å². The number of furan rings is 1. The molecule has 1 atom stereocenters. The smallest absolute Gasteiger partial charge is 0.225 e. The van der Waals surface area contributed by atoms with Crippen LogP contribution in [0.5, 0.6) is 5.75 Å². The zero-order chi connectivity index (χ0) is 16.8. The van der Waals surface area contributed by atoms with E-state index in [9.17, 15) is 4.79 Å². The molecule has 0 saturated heterocycles. The summed E-state index contributed by atoms with van der Waals surface area (Å²) in [5.74, 6) is 1.32. The quantitative estimate of drug-likeness (QED) is 0.752. The van der Waals surface area contributed by atoms with Crippen molar-refractivity contribution in [3.63, 3.8) is 0 Å². The highest BCUT2D eigenvalue weighted by Gasteiger charge is 2.20. The monoisotopic (exact) mass is 321 g/mol. The largest absolute Gasteiger partial charge is 0.496 e. The summed E-state index contributed by atoms with van der Waals surface area (Å²) in [5.41, 5.74) is 1.82. The van der Waals surface area contributed by atoms with Crippen LogP contribution in [-0.4, -0.2) is 13.0 Å². The number of hydrogen-bond donors (Lipinski definition) is 1. The maximum absolute atomic E-state index is 12.6. The molecule has 4 nitrogen and oxygen atoms in total. The molecule has 122 valence electrons. The summed E-state index contributed by atoms with van der Waals surface area (Å²) in [6, 6.07) is 20.7. The van der Waals surface area contributed by atoms with Gasteiger partial charge in [0.05, 0.1) is 19.8 Å². The van der Waals surface area contributed by atoms with E-state index in [0.717, 1.165) is 11.1 Å². The molecule has 3 rings (SSSR count). The molecule has 3 aromatic rings. The van der Waals surface area contributed by atoms with Gasteiger partial charge in [-0.25, -0.2) is 0 Å². The number of methoxy groups -OCH3 is 1. The number of benzene rings is 2. The molecule has 1 N–H and O–H groups in total. The average Bonchev–Trinajstić information content (AvgIpc) is 3.15. The van der Waals surface area contributed by atoms with Gasteiger partial charge in [-0.05, 0) is 23.8 Å². The molecular weight excluding hydrogens is 302 g/mol. The maximum atomic E-state index is 12.6. The minimum absolute atomic E-state index is 0.0928. The Morgan fingerprint density at radius 3 is 2.50 bits per heavy atom. The molecule has 1 heterocycles. The van der Waals surface area contributed by atoms with Crippen LogP contribution in [0.4, 0.5) is 0 Å². The highest BCUT2D eigenvalue weighted by atomic mass is 16.5. The van der Waals surface area contributed by atoms with E-state index in [1.54, 1.807) is 13.4 Å². The van der Waals surface area contributed by atoms with E-state index in [-0.39, 0.29) is 18.4 Å². The van der Waals surface area contributed by atoms with Gasteiger partial charge in [-0.1, -0.05) is 48.5 Å². The van der Waals surface area contributed by atoms with Crippen LogP contribution in [0.2, 0.25) is 0 Å². The molecule has 0 aliphatic carbocycles. The fourth-order valence-corrected chi connectivity index (χ4v) is 2.65. The van der Waals surface area contributed by atoms with Gasteiger partial charge in [0.25, 0.3) is 0 Å². The zero-order valence-corrected chi connectivity index (χ0v) is 13.4. The SMILES string of the molecule is COc1ccccc1CC(=O)NC(c1ccccc1)c1ccco1. The van der Waals surface area contributed by atoms with Gasteiger partial charge >= 0.3 is 0 Å². The maximum Gasteiger partial charge on any atom is 0.225 e. The molecular formula is C20H19NO3. The van der Waals surface area contributed by atoms with Gasteiger partial charge in [0.1, 0.15) is 17.6 Å². The van der Waals surface area contributed by atoms with Crippen molar-refractivity contribution in [2.45, 2.75) is 12.5 Å². The van der Waals surface area contributed by atoms with Gasteiger partial charge in [-0.2, -0.15) is 0 Å². The van der Waals surface area contributed by atoms with Crippen molar-refractivity contribution in [2.24, 2.45) is 0 Å². The number of ether oxygens (including phenoxy) is 1. The Balaban J connectivity index is 1.79. The Morgan fingerprint density at radius 2 is 1.79 bits per heavy atom. The molecule has 0 spiro atoms. The van der Waals surface area contributed by atoms with E-state index >= 15 is 0 Å². The Morgan fingerprint density at radius 1 is 1.04 bits per heavy atom. The Hall–Kier alpha value is -3.01. The van der Waals surface area contributed by atoms with Crippen molar-refractivity contribution >= 4 is 5.91 Å². The summed E-state index contributed by atoms with van der Waals surface area (Å²) < 4.78 is 10.8. The van der Waals surface area contributed by atoms with Gasteiger partial charge in [-0.3, -0.25) is 4.79 Å². The minimum Gasteiger partial charge on any atom is -0.496 e. The molecule has 0 aliphatic rings. The molecule has 2 aromatic carbocycles. The first-order valence-corrected chi connectivity index (χ1v) is 7.77. The van der Waals surface area contributed by atoms with Crippen molar-refractivity contribution in [1.82, 2.24) is 5.32 Å². The molecule has 1 unspecified atom stereocenters. The summed E-state index contributed by atoms with van der Waals surface area (Å²) in [5, 5.41) is 3.05. The van der Waals surface area contributed by atoms with Gasteiger partial charge in [-0.15, -0.1) is 0 Å². The van der Waals surface area contributed by atoms with Crippen LogP contribution < -0.4 is 10.1 Å². The second-order valence-electron chi connectivity index (χ2n) is 5.42. The molecule has 0 saturated carbocycles. The Labute approximate surface area is 141 Å². The number of carbonyl (C=O) groups excluding carboxylic acids is 1. The Kier molecular flexibility index (Phi) is 4.96. The molecule has 4 heteroatoms. The first kappa shape index (κ1) is 15.9. The van der Waals surface area contributed by atoms with Crippen LogP contribution in [0, 0.1) is 0 Å². The first-order chi connectivity index (χ1) is 11.8. The van der Waals surface area contributed by atoms with E-state index in [2.05, 4.69) is 5.32 Å². The lowest BCUT2D eigenvalue weighted by atomic mass is 10.0. The highest BCUT2D eigenvalue weighted by molar-refractivity contribution is 5.80. The van der Waals surface area contributed by atoms with E-state index in [0.29, 0.717) is 11.5 Å². The molecule has 0 bridgehead atoms. The van der Waals surface area contributed by atoms with E-state index in [1.165, 1.54) is 0 Å². The second kappa shape index (κ2) is 7.51. The van der Waals surface area contributed by atoms with Crippen LogP contribution in [0.15, 0.2) is 77.4 Å². The van der Waals surface area contributed by atoms with Crippen LogP contribution in [0.3, 0.4) is 0 Å². The first-order valence-electron chi connectivity index (χ1n) is 7.77. The number of para-hydroxylation sites is 1. The van der Waals surface area contributed by atoms with Crippen molar-refractivity contribution in [3.8, 4) is 5.75 Å². The second-order valence-corrected chi connectivity index (χ2v) is 5.42. The number of carbonyl (C=O) groups is 1. The predicted molar refractivity (Wildman–Crippen MR) is 91.8 cm³/mol. The van der Waals surface area contributed by atoms with Crippen LogP contribution in [0.1, 0.15) is 22.9 Å². The van der Waals surface area contributed by atoms with Crippen molar-refractivity contribution in [1.29, 1.82) is 0 Å². The van der Waals surface area contributed by atoms with Gasteiger partial charge in [0.15, 0.2) is 0 Å². The third kappa shape index (κ3) is 3.66. The third-order valence-electron chi connectivity index (χ3n) is 3.81. The van der Waals surface area contributed by atoms with Gasteiger partial charge in [0, 0.05) is 5.56 Å². The summed E-state index contributed by atoms with van der Waals surface area (Å²) in [6.07, 6.45) is 1.85. The van der Waals surface area contributed by atoms with Crippen molar-refractivity contribution < 1.29 is 13.9 Å².